The average molecular weight is 434 g/mol. The van der Waals surface area contributed by atoms with E-state index < -0.39 is 5.92 Å². The van der Waals surface area contributed by atoms with Gasteiger partial charge in [-0.15, -0.1) is 0 Å². The van der Waals surface area contributed by atoms with Gasteiger partial charge in [0.2, 0.25) is 11.8 Å². The monoisotopic (exact) mass is 433 g/mol. The van der Waals surface area contributed by atoms with E-state index in [0.29, 0.717) is 32.5 Å². The second-order valence-corrected chi connectivity index (χ2v) is 7.93. The van der Waals surface area contributed by atoms with Crippen LogP contribution in [0.5, 0.6) is 5.75 Å². The van der Waals surface area contributed by atoms with Crippen LogP contribution in [0.3, 0.4) is 0 Å². The highest BCUT2D eigenvalue weighted by Crippen LogP contribution is 2.28. The Morgan fingerprint density at radius 2 is 2.00 bits per heavy atom. The molecule has 8 nitrogen and oxygen atoms in total. The molecule has 1 aliphatic rings. The minimum Gasteiger partial charge on any atom is -0.497 e. The summed E-state index contributed by atoms with van der Waals surface area (Å²) in [5.74, 6) is 0.162. The number of rotatable bonds is 7. The van der Waals surface area contributed by atoms with Gasteiger partial charge in [0.15, 0.2) is 0 Å². The van der Waals surface area contributed by atoms with Crippen molar-refractivity contribution in [3.8, 4) is 5.75 Å². The van der Waals surface area contributed by atoms with E-state index >= 15 is 0 Å². The van der Waals surface area contributed by atoms with Crippen molar-refractivity contribution >= 4 is 11.8 Å². The molecule has 2 amide bonds. The summed E-state index contributed by atoms with van der Waals surface area (Å²) in [6.45, 7) is 1.12. The van der Waals surface area contributed by atoms with Crippen LogP contribution >= 0.6 is 0 Å². The Morgan fingerprint density at radius 1 is 1.19 bits per heavy atom. The van der Waals surface area contributed by atoms with Crippen molar-refractivity contribution in [2.24, 2.45) is 7.05 Å². The topological polar surface area (TPSA) is 89.4 Å². The Morgan fingerprint density at radius 3 is 2.72 bits per heavy atom. The summed E-state index contributed by atoms with van der Waals surface area (Å²) in [5.41, 5.74) is 3.51. The number of carbonyl (C=O) groups is 2. The summed E-state index contributed by atoms with van der Waals surface area (Å²) in [6.07, 6.45) is 4.60. The predicted molar refractivity (Wildman–Crippen MR) is 119 cm³/mol. The van der Waals surface area contributed by atoms with Crippen molar-refractivity contribution in [1.82, 2.24) is 25.0 Å². The first-order chi connectivity index (χ1) is 15.5. The Kier molecular flexibility index (Phi) is 6.49. The van der Waals surface area contributed by atoms with Crippen LogP contribution in [0.2, 0.25) is 0 Å². The molecule has 2 aromatic heterocycles. The molecular formula is C24H27N5O3. The van der Waals surface area contributed by atoms with E-state index in [4.69, 9.17) is 4.74 Å². The van der Waals surface area contributed by atoms with Gasteiger partial charge in [-0.2, -0.15) is 5.10 Å². The van der Waals surface area contributed by atoms with Crippen molar-refractivity contribution in [2.75, 3.05) is 13.7 Å². The van der Waals surface area contributed by atoms with Gasteiger partial charge in [0.1, 0.15) is 5.75 Å². The second kappa shape index (κ2) is 9.64. The first-order valence-electron chi connectivity index (χ1n) is 10.6. The number of nitrogens with zero attached hydrogens (tertiary/aromatic N) is 4. The lowest BCUT2D eigenvalue weighted by Gasteiger charge is -2.31. The average Bonchev–Trinajstić information content (AvgIpc) is 3.21. The van der Waals surface area contributed by atoms with Crippen LogP contribution in [0.25, 0.3) is 0 Å². The van der Waals surface area contributed by atoms with Crippen molar-refractivity contribution in [3.63, 3.8) is 0 Å². The van der Waals surface area contributed by atoms with Crippen molar-refractivity contribution in [3.05, 3.63) is 77.4 Å². The number of carbonyl (C=O) groups excluding carboxylic acids is 2. The molecule has 1 atom stereocenters. The third-order valence-corrected chi connectivity index (χ3v) is 5.66. The molecule has 0 unspecified atom stereocenters. The number of fused-ring (bicyclic) bond motifs is 1. The molecular weight excluding hydrogens is 406 g/mol. The van der Waals surface area contributed by atoms with Crippen LogP contribution in [0.15, 0.2) is 54.9 Å². The summed E-state index contributed by atoms with van der Waals surface area (Å²) < 4.78 is 6.89. The van der Waals surface area contributed by atoms with E-state index in [9.17, 15) is 9.59 Å². The van der Waals surface area contributed by atoms with Gasteiger partial charge in [-0.05, 0) is 36.2 Å². The fourth-order valence-corrected chi connectivity index (χ4v) is 3.95. The molecule has 1 aliphatic heterocycles. The van der Waals surface area contributed by atoms with E-state index in [1.807, 2.05) is 55.7 Å². The summed E-state index contributed by atoms with van der Waals surface area (Å²) in [6, 6.07) is 13.3. The Labute approximate surface area is 187 Å². The highest BCUT2D eigenvalue weighted by Gasteiger charge is 2.35. The van der Waals surface area contributed by atoms with Gasteiger partial charge in [0, 0.05) is 44.5 Å². The summed E-state index contributed by atoms with van der Waals surface area (Å²) >= 11 is 0. The molecule has 0 spiro atoms. The molecule has 4 rings (SSSR count). The van der Waals surface area contributed by atoms with E-state index in [2.05, 4.69) is 15.4 Å². The number of pyridine rings is 1. The highest BCUT2D eigenvalue weighted by atomic mass is 16.5. The van der Waals surface area contributed by atoms with Crippen LogP contribution in [0, 0.1) is 0 Å². The number of benzene rings is 1. The Balaban J connectivity index is 1.42. The lowest BCUT2D eigenvalue weighted by atomic mass is 9.95. The zero-order chi connectivity index (χ0) is 22.5. The maximum absolute atomic E-state index is 13.0. The zero-order valence-electron chi connectivity index (χ0n) is 18.3. The lowest BCUT2D eigenvalue weighted by Crippen LogP contribution is -2.43. The van der Waals surface area contributed by atoms with Crippen molar-refractivity contribution in [2.45, 2.75) is 31.8 Å². The SMILES string of the molecule is COc1ccc(CCC(=O)N2Cc3cn(C)nc3[C@H](C(=O)NCc3ccccn3)C2)cc1. The maximum atomic E-state index is 13.0. The number of nitrogens with one attached hydrogen (secondary N) is 1. The molecule has 166 valence electrons. The molecule has 1 N–H and O–H groups in total. The maximum Gasteiger partial charge on any atom is 0.231 e. The number of methoxy groups -OCH3 is 1. The van der Waals surface area contributed by atoms with Gasteiger partial charge in [0.25, 0.3) is 0 Å². The van der Waals surface area contributed by atoms with E-state index in [-0.39, 0.29) is 11.8 Å². The number of aromatic nitrogens is 3. The highest BCUT2D eigenvalue weighted by molar-refractivity contribution is 5.86. The first kappa shape index (κ1) is 21.5. The van der Waals surface area contributed by atoms with Crippen molar-refractivity contribution < 1.29 is 14.3 Å². The molecule has 1 aromatic carbocycles. The smallest absolute Gasteiger partial charge is 0.231 e. The first-order valence-corrected chi connectivity index (χ1v) is 10.6. The minimum atomic E-state index is -0.506. The molecule has 0 aliphatic carbocycles. The number of aryl methyl sites for hydroxylation is 2. The van der Waals surface area contributed by atoms with Gasteiger partial charge in [-0.25, -0.2) is 0 Å². The standard InChI is InChI=1S/C24H27N5O3/c1-28-14-18-15-29(22(30)11-8-17-6-9-20(32-2)10-7-17)16-21(23(18)27-28)24(31)26-13-19-5-3-4-12-25-19/h3-7,9-10,12,14,21H,8,11,13,15-16H2,1-2H3,(H,26,31)/t21-/m1/s1. The van der Waals surface area contributed by atoms with Gasteiger partial charge >= 0.3 is 0 Å². The van der Waals surface area contributed by atoms with Crippen LogP contribution in [0.1, 0.15) is 34.9 Å². The Bertz CT molecular complexity index is 1080. The summed E-state index contributed by atoms with van der Waals surface area (Å²) in [7, 11) is 3.46. The minimum absolute atomic E-state index is 0.0258. The molecule has 3 heterocycles. The molecule has 0 radical (unpaired) electrons. The van der Waals surface area contributed by atoms with Gasteiger partial charge < -0.3 is 15.0 Å². The lowest BCUT2D eigenvalue weighted by molar-refractivity contribution is -0.133. The molecule has 32 heavy (non-hydrogen) atoms. The van der Waals surface area contributed by atoms with Gasteiger partial charge in [0.05, 0.1) is 31.0 Å². The predicted octanol–water partition coefficient (Wildman–Crippen LogP) is 2.20. The fraction of sp³-hybridized carbons (Fsp3) is 0.333. The molecule has 3 aromatic rings. The fourth-order valence-electron chi connectivity index (χ4n) is 3.95. The van der Waals surface area contributed by atoms with Crippen LogP contribution in [-0.4, -0.2) is 45.1 Å². The number of ether oxygens (including phenoxy) is 1. The van der Waals surface area contributed by atoms with E-state index in [1.165, 1.54) is 0 Å². The Hall–Kier alpha value is -3.68. The molecule has 0 saturated carbocycles. The van der Waals surface area contributed by atoms with Crippen LogP contribution < -0.4 is 10.1 Å². The third kappa shape index (κ3) is 4.96. The van der Waals surface area contributed by atoms with Gasteiger partial charge in [-0.1, -0.05) is 18.2 Å². The molecule has 0 saturated heterocycles. The largest absolute Gasteiger partial charge is 0.497 e. The van der Waals surface area contributed by atoms with E-state index in [0.717, 1.165) is 28.3 Å². The van der Waals surface area contributed by atoms with Crippen LogP contribution in [0.4, 0.5) is 0 Å². The molecule has 0 bridgehead atoms. The molecule has 8 heteroatoms. The second-order valence-electron chi connectivity index (χ2n) is 7.93. The van der Waals surface area contributed by atoms with Gasteiger partial charge in [-0.3, -0.25) is 19.3 Å². The quantitative estimate of drug-likeness (QED) is 0.617. The van der Waals surface area contributed by atoms with Crippen LogP contribution in [-0.2, 0) is 36.1 Å². The normalized spacial score (nSPS) is 15.2. The van der Waals surface area contributed by atoms with Crippen molar-refractivity contribution in [1.29, 1.82) is 0 Å². The summed E-state index contributed by atoms with van der Waals surface area (Å²) in [5, 5.41) is 7.45. The summed E-state index contributed by atoms with van der Waals surface area (Å²) in [4.78, 5) is 32.0. The van der Waals surface area contributed by atoms with E-state index in [1.54, 1.807) is 22.9 Å². The zero-order valence-corrected chi connectivity index (χ0v) is 18.3. The third-order valence-electron chi connectivity index (χ3n) is 5.66. The molecule has 0 fully saturated rings. The number of hydrogen-bond acceptors (Lipinski definition) is 5. The number of hydrogen-bond donors (Lipinski definition) is 1. The number of amides is 2.